The Labute approximate surface area is 174 Å². The number of carbonyl (C=O) groups is 1. The summed E-state index contributed by atoms with van der Waals surface area (Å²) in [5.74, 6) is 0.822. The van der Waals surface area contributed by atoms with Gasteiger partial charge in [0, 0.05) is 29.7 Å². The Morgan fingerprint density at radius 1 is 1.14 bits per heavy atom. The number of nitrogens with zero attached hydrogens (tertiary/aromatic N) is 3. The molecule has 0 bridgehead atoms. The summed E-state index contributed by atoms with van der Waals surface area (Å²) < 4.78 is 13.7. The Balaban J connectivity index is 1.29. The van der Waals surface area contributed by atoms with Crippen LogP contribution in [0.1, 0.15) is 10.4 Å². The average molecular weight is 429 g/mol. The number of hydrogen-bond acceptors (Lipinski definition) is 7. The molecular weight excluding hydrogens is 411 g/mol. The average Bonchev–Trinajstić information content (AvgIpc) is 3.38. The van der Waals surface area contributed by atoms with Gasteiger partial charge in [0.05, 0.1) is 10.2 Å². The fraction of sp³-hybridized carbons (Fsp3) is 0.158. The minimum absolute atomic E-state index is 0.416. The van der Waals surface area contributed by atoms with Gasteiger partial charge in [0.2, 0.25) is 0 Å². The normalized spacial score (nSPS) is 10.8. The van der Waals surface area contributed by atoms with Gasteiger partial charge in [-0.3, -0.25) is 5.32 Å². The number of thiazole rings is 1. The molecule has 4 rings (SSSR count). The molecule has 2 amide bonds. The molecule has 0 aliphatic rings. The van der Waals surface area contributed by atoms with Crippen molar-refractivity contribution in [1.29, 1.82) is 0 Å². The molecule has 0 spiro atoms. The Kier molecular flexibility index (Phi) is 5.92. The summed E-state index contributed by atoms with van der Waals surface area (Å²) >= 11 is 3.01. The van der Waals surface area contributed by atoms with Crippen LogP contribution in [0.4, 0.5) is 25.8 Å². The molecule has 0 saturated carbocycles. The van der Waals surface area contributed by atoms with E-state index in [4.69, 9.17) is 0 Å². The van der Waals surface area contributed by atoms with Gasteiger partial charge in [-0.25, -0.2) is 24.1 Å². The molecule has 7 nitrogen and oxygen atoms in total. The standard InChI is InChI=1S/C19H17FN6OS2/c20-9-12-2-1-3-13(8-12)25-18(27)26-19-22-10-14(29-19)4-6-21-17-16-15(5-7-28-16)23-11-24-17/h1-3,5,7-8,10-11H,4,6,9H2,(H,21,23,24)(H2,22,25,26,27). The zero-order valence-electron chi connectivity index (χ0n) is 15.2. The fourth-order valence-corrected chi connectivity index (χ4v) is 4.31. The number of alkyl halides is 1. The molecule has 0 fully saturated rings. The summed E-state index contributed by atoms with van der Waals surface area (Å²) in [6.45, 7) is 0.113. The number of hydrogen-bond donors (Lipinski definition) is 3. The SMILES string of the molecule is O=C(Nc1cccc(CF)c1)Nc1ncc(CCNc2ncnc3ccsc23)s1. The number of carbonyl (C=O) groups excluding carboxylic acids is 1. The second-order valence-electron chi connectivity index (χ2n) is 6.08. The van der Waals surface area contributed by atoms with Crippen LogP contribution in [-0.2, 0) is 13.1 Å². The van der Waals surface area contributed by atoms with Gasteiger partial charge in [-0.05, 0) is 29.1 Å². The molecule has 148 valence electrons. The smallest absolute Gasteiger partial charge is 0.325 e. The molecule has 0 aliphatic carbocycles. The minimum Gasteiger partial charge on any atom is -0.368 e. The van der Waals surface area contributed by atoms with Crippen molar-refractivity contribution >= 4 is 55.6 Å². The predicted molar refractivity (Wildman–Crippen MR) is 116 cm³/mol. The molecule has 3 heterocycles. The number of thiophene rings is 1. The molecule has 29 heavy (non-hydrogen) atoms. The van der Waals surface area contributed by atoms with Gasteiger partial charge in [-0.2, -0.15) is 0 Å². The monoisotopic (exact) mass is 428 g/mol. The molecule has 0 saturated heterocycles. The third-order valence-corrected chi connectivity index (χ3v) is 5.90. The Bertz CT molecular complexity index is 1130. The van der Waals surface area contributed by atoms with Crippen LogP contribution < -0.4 is 16.0 Å². The molecular formula is C19H17FN6OS2. The van der Waals surface area contributed by atoms with Crippen molar-refractivity contribution in [3.63, 3.8) is 0 Å². The van der Waals surface area contributed by atoms with Crippen LogP contribution in [0.5, 0.6) is 0 Å². The number of fused-ring (bicyclic) bond motifs is 1. The second-order valence-corrected chi connectivity index (χ2v) is 8.11. The van der Waals surface area contributed by atoms with Crippen molar-refractivity contribution in [1.82, 2.24) is 15.0 Å². The lowest BCUT2D eigenvalue weighted by Gasteiger charge is -2.06. The van der Waals surface area contributed by atoms with Crippen LogP contribution in [0.2, 0.25) is 0 Å². The summed E-state index contributed by atoms with van der Waals surface area (Å²) in [5.41, 5.74) is 1.97. The van der Waals surface area contributed by atoms with Crippen LogP contribution in [0, 0.1) is 0 Å². The summed E-state index contributed by atoms with van der Waals surface area (Å²) in [4.78, 5) is 25.9. The summed E-state index contributed by atoms with van der Waals surface area (Å²) in [6.07, 6.45) is 4.04. The van der Waals surface area contributed by atoms with Gasteiger partial charge in [-0.1, -0.05) is 12.1 Å². The highest BCUT2D eigenvalue weighted by Gasteiger charge is 2.09. The highest BCUT2D eigenvalue weighted by Crippen LogP contribution is 2.25. The number of benzene rings is 1. The third-order valence-electron chi connectivity index (χ3n) is 4.02. The van der Waals surface area contributed by atoms with Crippen molar-refractivity contribution in [3.8, 4) is 0 Å². The highest BCUT2D eigenvalue weighted by atomic mass is 32.1. The fourth-order valence-electron chi connectivity index (χ4n) is 2.69. The summed E-state index contributed by atoms with van der Waals surface area (Å²) in [6, 6.07) is 8.20. The number of aromatic nitrogens is 3. The first-order valence-electron chi connectivity index (χ1n) is 8.81. The Morgan fingerprint density at radius 2 is 2.07 bits per heavy atom. The molecule has 1 aromatic carbocycles. The van der Waals surface area contributed by atoms with E-state index in [1.807, 2.05) is 11.4 Å². The summed E-state index contributed by atoms with van der Waals surface area (Å²) in [7, 11) is 0. The van der Waals surface area contributed by atoms with Gasteiger partial charge in [0.15, 0.2) is 5.13 Å². The van der Waals surface area contributed by atoms with Crippen LogP contribution in [0.25, 0.3) is 10.2 Å². The van der Waals surface area contributed by atoms with E-state index in [-0.39, 0.29) is 0 Å². The van der Waals surface area contributed by atoms with Gasteiger partial charge >= 0.3 is 6.03 Å². The second kappa shape index (κ2) is 8.93. The van der Waals surface area contributed by atoms with Gasteiger partial charge in [-0.15, -0.1) is 22.7 Å². The largest absolute Gasteiger partial charge is 0.368 e. The van der Waals surface area contributed by atoms with Gasteiger partial charge in [0.25, 0.3) is 0 Å². The van der Waals surface area contributed by atoms with Crippen LogP contribution in [0.3, 0.4) is 0 Å². The molecule has 3 aromatic heterocycles. The molecule has 0 atom stereocenters. The Morgan fingerprint density at radius 3 is 2.97 bits per heavy atom. The van der Waals surface area contributed by atoms with E-state index in [0.717, 1.165) is 27.3 Å². The highest BCUT2D eigenvalue weighted by molar-refractivity contribution is 7.17. The third kappa shape index (κ3) is 4.84. The van der Waals surface area contributed by atoms with Crippen LogP contribution in [0.15, 0.2) is 48.2 Å². The quantitative estimate of drug-likeness (QED) is 0.389. The lowest BCUT2D eigenvalue weighted by atomic mass is 10.2. The van der Waals surface area contributed by atoms with Crippen molar-refractivity contribution in [2.24, 2.45) is 0 Å². The van der Waals surface area contributed by atoms with Crippen molar-refractivity contribution < 1.29 is 9.18 Å². The topological polar surface area (TPSA) is 91.8 Å². The minimum atomic E-state index is -0.575. The Hall–Kier alpha value is -3.11. The van der Waals surface area contributed by atoms with E-state index in [2.05, 4.69) is 30.9 Å². The van der Waals surface area contributed by atoms with Crippen LogP contribution >= 0.6 is 22.7 Å². The zero-order chi connectivity index (χ0) is 20.1. The zero-order valence-corrected chi connectivity index (χ0v) is 16.8. The van der Waals surface area contributed by atoms with E-state index in [0.29, 0.717) is 22.9 Å². The molecule has 4 aromatic rings. The number of amides is 2. The van der Waals surface area contributed by atoms with Crippen molar-refractivity contribution in [2.45, 2.75) is 13.1 Å². The predicted octanol–water partition coefficient (Wildman–Crippen LogP) is 4.92. The lowest BCUT2D eigenvalue weighted by molar-refractivity contribution is 0.262. The number of halogens is 1. The molecule has 0 radical (unpaired) electrons. The van der Waals surface area contributed by atoms with Gasteiger partial charge < -0.3 is 10.6 Å². The van der Waals surface area contributed by atoms with Crippen molar-refractivity contribution in [2.75, 3.05) is 22.5 Å². The van der Waals surface area contributed by atoms with Gasteiger partial charge in [0.1, 0.15) is 18.8 Å². The maximum atomic E-state index is 12.7. The van der Waals surface area contributed by atoms with Crippen LogP contribution in [-0.4, -0.2) is 27.5 Å². The molecule has 0 aliphatic heterocycles. The first-order chi connectivity index (χ1) is 14.2. The first-order valence-corrected chi connectivity index (χ1v) is 10.5. The molecule has 3 N–H and O–H groups in total. The molecule has 0 unspecified atom stereocenters. The van der Waals surface area contributed by atoms with E-state index >= 15 is 0 Å². The van der Waals surface area contributed by atoms with Crippen molar-refractivity contribution in [3.05, 3.63) is 58.7 Å². The number of nitrogens with one attached hydrogen (secondary N) is 3. The van der Waals surface area contributed by atoms with E-state index < -0.39 is 12.7 Å². The lowest BCUT2D eigenvalue weighted by Crippen LogP contribution is -2.19. The number of rotatable bonds is 7. The van der Waals surface area contributed by atoms with E-state index in [9.17, 15) is 9.18 Å². The number of anilines is 3. The maximum absolute atomic E-state index is 12.7. The summed E-state index contributed by atoms with van der Waals surface area (Å²) in [5, 5.41) is 11.2. The molecule has 10 heteroatoms. The van der Waals surface area contributed by atoms with E-state index in [1.54, 1.807) is 48.1 Å². The number of urea groups is 1. The van der Waals surface area contributed by atoms with E-state index in [1.165, 1.54) is 11.3 Å². The first kappa shape index (κ1) is 19.2. The maximum Gasteiger partial charge on any atom is 0.325 e.